The zero-order valence-electron chi connectivity index (χ0n) is 11.3. The Morgan fingerprint density at radius 1 is 1.19 bits per heavy atom. The van der Waals surface area contributed by atoms with E-state index in [-0.39, 0.29) is 11.3 Å². The van der Waals surface area contributed by atoms with E-state index < -0.39 is 17.6 Å². The van der Waals surface area contributed by atoms with Crippen LogP contribution in [0.4, 0.5) is 18.9 Å². The third-order valence-corrected chi connectivity index (χ3v) is 2.83. The van der Waals surface area contributed by atoms with Crippen LogP contribution in [-0.4, -0.2) is 15.9 Å². The lowest BCUT2D eigenvalue weighted by atomic mass is 10.1. The number of rotatable bonds is 2. The van der Waals surface area contributed by atoms with Crippen LogP contribution in [0.25, 0.3) is 0 Å². The molecule has 0 bridgehead atoms. The number of carbonyl (C=O) groups is 1. The number of para-hydroxylation sites is 1. The van der Waals surface area contributed by atoms with Crippen LogP contribution in [0.2, 0.25) is 0 Å². The number of amides is 1. The maximum Gasteiger partial charge on any atom is 0.418 e. The lowest BCUT2D eigenvalue weighted by Crippen LogP contribution is -2.18. The van der Waals surface area contributed by atoms with Gasteiger partial charge in [0.25, 0.3) is 5.91 Å². The number of anilines is 1. The van der Waals surface area contributed by atoms with E-state index in [0.717, 1.165) is 6.07 Å². The minimum absolute atomic E-state index is 0.137. The van der Waals surface area contributed by atoms with Crippen LogP contribution in [0.15, 0.2) is 30.5 Å². The van der Waals surface area contributed by atoms with Crippen LogP contribution < -0.4 is 5.32 Å². The van der Waals surface area contributed by atoms with Gasteiger partial charge < -0.3 is 5.32 Å². The Kier molecular flexibility index (Phi) is 3.93. The summed E-state index contributed by atoms with van der Waals surface area (Å²) in [4.78, 5) is 20.0. The molecular formula is C14H12F3N3O. The number of aryl methyl sites for hydroxylation is 2. The normalized spacial score (nSPS) is 11.3. The van der Waals surface area contributed by atoms with E-state index in [2.05, 4.69) is 15.3 Å². The Morgan fingerprint density at radius 2 is 1.86 bits per heavy atom. The fraction of sp³-hybridized carbons (Fsp3) is 0.214. The van der Waals surface area contributed by atoms with Crippen molar-refractivity contribution in [3.8, 4) is 0 Å². The maximum atomic E-state index is 12.9. The van der Waals surface area contributed by atoms with E-state index in [1.54, 1.807) is 13.8 Å². The first kappa shape index (κ1) is 15.0. The quantitative estimate of drug-likeness (QED) is 0.924. The number of nitrogens with one attached hydrogen (secondary N) is 1. The van der Waals surface area contributed by atoms with Gasteiger partial charge in [0.15, 0.2) is 0 Å². The fourth-order valence-electron chi connectivity index (χ4n) is 1.84. The standard InChI is InChI=1S/C14H12F3N3O/c1-8-10(7-18-9(2)19-8)13(21)20-12-6-4-3-5-11(12)14(15,16)17/h3-7H,1-2H3,(H,20,21). The number of hydrogen-bond acceptors (Lipinski definition) is 3. The van der Waals surface area contributed by atoms with Crippen molar-refractivity contribution >= 4 is 11.6 Å². The third kappa shape index (κ3) is 3.36. The molecule has 2 rings (SSSR count). The molecule has 0 spiro atoms. The molecule has 0 saturated carbocycles. The number of benzene rings is 1. The zero-order valence-corrected chi connectivity index (χ0v) is 11.3. The highest BCUT2D eigenvalue weighted by molar-refractivity contribution is 6.05. The number of nitrogens with zero attached hydrogens (tertiary/aromatic N) is 2. The van der Waals surface area contributed by atoms with Crippen LogP contribution in [0, 0.1) is 13.8 Å². The number of carbonyl (C=O) groups excluding carboxylic acids is 1. The average Bonchev–Trinajstić information content (AvgIpc) is 2.37. The van der Waals surface area contributed by atoms with Crippen molar-refractivity contribution in [2.75, 3.05) is 5.32 Å². The predicted octanol–water partition coefficient (Wildman–Crippen LogP) is 3.36. The van der Waals surface area contributed by atoms with Crippen molar-refractivity contribution in [1.29, 1.82) is 0 Å². The lowest BCUT2D eigenvalue weighted by Gasteiger charge is -2.14. The van der Waals surface area contributed by atoms with Crippen molar-refractivity contribution < 1.29 is 18.0 Å². The highest BCUT2D eigenvalue weighted by Gasteiger charge is 2.33. The van der Waals surface area contributed by atoms with Gasteiger partial charge in [-0.05, 0) is 26.0 Å². The number of aromatic nitrogens is 2. The Morgan fingerprint density at radius 3 is 2.48 bits per heavy atom. The summed E-state index contributed by atoms with van der Waals surface area (Å²) < 4.78 is 38.6. The summed E-state index contributed by atoms with van der Waals surface area (Å²) in [5, 5.41) is 2.25. The highest BCUT2D eigenvalue weighted by Crippen LogP contribution is 2.34. The zero-order chi connectivity index (χ0) is 15.6. The molecular weight excluding hydrogens is 283 g/mol. The maximum absolute atomic E-state index is 12.9. The monoisotopic (exact) mass is 295 g/mol. The molecule has 1 amide bonds. The molecule has 4 nitrogen and oxygen atoms in total. The smallest absolute Gasteiger partial charge is 0.321 e. The lowest BCUT2D eigenvalue weighted by molar-refractivity contribution is -0.136. The van der Waals surface area contributed by atoms with E-state index >= 15 is 0 Å². The molecule has 1 aromatic carbocycles. The molecule has 7 heteroatoms. The summed E-state index contributed by atoms with van der Waals surface area (Å²) in [6.07, 6.45) is -3.24. The van der Waals surface area contributed by atoms with Crippen molar-refractivity contribution in [2.45, 2.75) is 20.0 Å². The van der Waals surface area contributed by atoms with Crippen LogP contribution >= 0.6 is 0 Å². The Labute approximate surface area is 119 Å². The van der Waals surface area contributed by atoms with Crippen LogP contribution in [0.3, 0.4) is 0 Å². The molecule has 0 fully saturated rings. The molecule has 0 saturated heterocycles. The van der Waals surface area contributed by atoms with Gasteiger partial charge in [-0.3, -0.25) is 4.79 Å². The summed E-state index contributed by atoms with van der Waals surface area (Å²) >= 11 is 0. The molecule has 0 aliphatic heterocycles. The summed E-state index contributed by atoms with van der Waals surface area (Å²) in [6, 6.07) is 4.79. The van der Waals surface area contributed by atoms with Gasteiger partial charge >= 0.3 is 6.18 Å². The van der Waals surface area contributed by atoms with Crippen molar-refractivity contribution in [3.05, 3.63) is 53.1 Å². The molecule has 0 atom stereocenters. The molecule has 1 aromatic heterocycles. The third-order valence-electron chi connectivity index (χ3n) is 2.83. The van der Waals surface area contributed by atoms with Gasteiger partial charge in [-0.25, -0.2) is 9.97 Å². The molecule has 110 valence electrons. The predicted molar refractivity (Wildman–Crippen MR) is 70.9 cm³/mol. The largest absolute Gasteiger partial charge is 0.418 e. The molecule has 1 N–H and O–H groups in total. The first-order chi connectivity index (χ1) is 9.79. The average molecular weight is 295 g/mol. The van der Waals surface area contributed by atoms with Crippen LogP contribution in [-0.2, 0) is 6.18 Å². The minimum atomic E-state index is -4.54. The van der Waals surface area contributed by atoms with E-state index in [9.17, 15) is 18.0 Å². The summed E-state index contributed by atoms with van der Waals surface area (Å²) in [5.74, 6) is -0.191. The summed E-state index contributed by atoms with van der Waals surface area (Å²) in [7, 11) is 0. The van der Waals surface area contributed by atoms with Gasteiger partial charge in [0.1, 0.15) is 5.82 Å². The molecule has 21 heavy (non-hydrogen) atoms. The Hall–Kier alpha value is -2.44. The molecule has 0 aliphatic carbocycles. The van der Waals surface area contributed by atoms with Gasteiger partial charge in [0.2, 0.25) is 0 Å². The second-order valence-corrected chi connectivity index (χ2v) is 4.41. The van der Waals surface area contributed by atoms with Crippen LogP contribution in [0.5, 0.6) is 0 Å². The van der Waals surface area contributed by atoms with Gasteiger partial charge in [-0.15, -0.1) is 0 Å². The topological polar surface area (TPSA) is 54.9 Å². The highest BCUT2D eigenvalue weighted by atomic mass is 19.4. The Bertz CT molecular complexity index is 683. The van der Waals surface area contributed by atoms with E-state index in [0.29, 0.717) is 11.5 Å². The first-order valence-corrected chi connectivity index (χ1v) is 6.07. The van der Waals surface area contributed by atoms with E-state index in [1.165, 1.54) is 24.4 Å². The molecule has 2 aromatic rings. The number of alkyl halides is 3. The number of hydrogen-bond donors (Lipinski definition) is 1. The second-order valence-electron chi connectivity index (χ2n) is 4.41. The molecule has 0 unspecified atom stereocenters. The molecule has 0 aliphatic rings. The number of halogens is 3. The fourth-order valence-corrected chi connectivity index (χ4v) is 1.84. The van der Waals surface area contributed by atoms with E-state index in [1.807, 2.05) is 0 Å². The van der Waals surface area contributed by atoms with Crippen molar-refractivity contribution in [1.82, 2.24) is 9.97 Å². The SMILES string of the molecule is Cc1ncc(C(=O)Nc2ccccc2C(F)(F)F)c(C)n1. The van der Waals surface area contributed by atoms with Gasteiger partial charge in [-0.2, -0.15) is 13.2 Å². The first-order valence-electron chi connectivity index (χ1n) is 6.07. The van der Waals surface area contributed by atoms with Gasteiger partial charge in [-0.1, -0.05) is 12.1 Å². The summed E-state index contributed by atoms with van der Waals surface area (Å²) in [6.45, 7) is 3.26. The van der Waals surface area contributed by atoms with Crippen molar-refractivity contribution in [3.63, 3.8) is 0 Å². The minimum Gasteiger partial charge on any atom is -0.321 e. The van der Waals surface area contributed by atoms with Gasteiger partial charge in [0, 0.05) is 6.20 Å². The summed E-state index contributed by atoms with van der Waals surface area (Å²) in [5.41, 5.74) is -0.652. The van der Waals surface area contributed by atoms with Gasteiger partial charge in [0.05, 0.1) is 22.5 Å². The Balaban J connectivity index is 2.32. The van der Waals surface area contributed by atoms with E-state index in [4.69, 9.17) is 0 Å². The van der Waals surface area contributed by atoms with Crippen molar-refractivity contribution in [2.24, 2.45) is 0 Å². The van der Waals surface area contributed by atoms with Crippen LogP contribution in [0.1, 0.15) is 27.4 Å². The second kappa shape index (κ2) is 5.51. The molecule has 1 heterocycles. The molecule has 0 radical (unpaired) electrons.